The third kappa shape index (κ3) is 6.61. The molecule has 1 saturated heterocycles. The monoisotopic (exact) mass is 570 g/mol. The molecule has 1 aromatic carbocycles. The standard InChI is InChI=1S/C23H25F3N6O6S/c1-14(34)28-8-10-32-21(35)18(11-27)19(23(24,25)26)20(22(32)36)30-29-16-4-6-17(7-5-16)39(37,38)31-9-2-3-15(12-31)13-33/h4-7,15,33,35H,2-3,8-10,12-13H2,1H3,(H,28,34). The zero-order chi connectivity index (χ0) is 29.0. The molecule has 1 aliphatic rings. The van der Waals surface area contributed by atoms with Gasteiger partial charge in [-0.15, -0.1) is 5.11 Å². The van der Waals surface area contributed by atoms with Crippen LogP contribution in [0.4, 0.5) is 24.5 Å². The van der Waals surface area contributed by atoms with E-state index in [1.165, 1.54) is 41.6 Å². The van der Waals surface area contributed by atoms with E-state index < -0.39 is 56.9 Å². The maximum atomic E-state index is 13.8. The van der Waals surface area contributed by atoms with Crippen LogP contribution in [0.15, 0.2) is 44.2 Å². The van der Waals surface area contributed by atoms with E-state index in [0.717, 1.165) is 0 Å². The first-order valence-corrected chi connectivity index (χ1v) is 13.1. The molecule has 1 aliphatic heterocycles. The average molecular weight is 571 g/mol. The van der Waals surface area contributed by atoms with Crippen LogP contribution in [0, 0.1) is 17.2 Å². The van der Waals surface area contributed by atoms with Crippen LogP contribution in [0.25, 0.3) is 0 Å². The Balaban J connectivity index is 1.99. The molecule has 0 spiro atoms. The van der Waals surface area contributed by atoms with E-state index in [1.54, 1.807) is 0 Å². The summed E-state index contributed by atoms with van der Waals surface area (Å²) in [6.07, 6.45) is -3.98. The van der Waals surface area contributed by atoms with Crippen molar-refractivity contribution in [1.82, 2.24) is 14.2 Å². The highest BCUT2D eigenvalue weighted by molar-refractivity contribution is 7.89. The van der Waals surface area contributed by atoms with Crippen molar-refractivity contribution in [3.8, 4) is 11.9 Å². The lowest BCUT2D eigenvalue weighted by atomic mass is 10.0. The fraction of sp³-hybridized carbons (Fsp3) is 0.435. The molecule has 3 rings (SSSR count). The SMILES string of the molecule is CC(=O)NCCn1c(O)c(C#N)c(C(F)(F)F)c(N=Nc2ccc(S(=O)(=O)N3CCCC(CO)C3)cc2)c1=O. The minimum absolute atomic E-state index is 0.0928. The second-order valence-corrected chi connectivity index (χ2v) is 10.7. The van der Waals surface area contributed by atoms with Gasteiger partial charge in [0.1, 0.15) is 17.2 Å². The molecule has 0 radical (unpaired) electrons. The lowest BCUT2D eigenvalue weighted by Gasteiger charge is -2.30. The summed E-state index contributed by atoms with van der Waals surface area (Å²) in [5.74, 6) is -1.92. The number of halogens is 3. The molecule has 39 heavy (non-hydrogen) atoms. The van der Waals surface area contributed by atoms with Gasteiger partial charge in [0.05, 0.1) is 10.6 Å². The van der Waals surface area contributed by atoms with Gasteiger partial charge in [0.25, 0.3) is 5.56 Å². The molecule has 3 N–H and O–H groups in total. The van der Waals surface area contributed by atoms with Gasteiger partial charge in [0.2, 0.25) is 21.8 Å². The Hall–Kier alpha value is -3.81. The number of piperidine rings is 1. The lowest BCUT2D eigenvalue weighted by Crippen LogP contribution is -2.40. The smallest absolute Gasteiger partial charge is 0.420 e. The van der Waals surface area contributed by atoms with Crippen molar-refractivity contribution in [3.05, 3.63) is 45.7 Å². The zero-order valence-electron chi connectivity index (χ0n) is 20.6. The zero-order valence-corrected chi connectivity index (χ0v) is 21.5. The number of sulfonamides is 1. The fourth-order valence-electron chi connectivity index (χ4n) is 4.06. The Labute approximate surface area is 221 Å². The number of pyridine rings is 1. The molecule has 210 valence electrons. The minimum Gasteiger partial charge on any atom is -0.493 e. The largest absolute Gasteiger partial charge is 0.493 e. The molecule has 1 aromatic heterocycles. The van der Waals surface area contributed by atoms with Crippen LogP contribution < -0.4 is 10.9 Å². The van der Waals surface area contributed by atoms with Crippen LogP contribution in [-0.2, 0) is 27.5 Å². The van der Waals surface area contributed by atoms with Crippen molar-refractivity contribution < 1.29 is 36.6 Å². The number of hydrogen-bond donors (Lipinski definition) is 3. The predicted molar refractivity (Wildman–Crippen MR) is 130 cm³/mol. The number of nitrogens with one attached hydrogen (secondary N) is 1. The molecule has 1 amide bonds. The van der Waals surface area contributed by atoms with Gasteiger partial charge < -0.3 is 15.5 Å². The number of azo groups is 1. The van der Waals surface area contributed by atoms with Gasteiger partial charge in [0, 0.05) is 39.7 Å². The Bertz CT molecular complexity index is 1470. The molecule has 0 saturated carbocycles. The van der Waals surface area contributed by atoms with E-state index in [2.05, 4.69) is 15.5 Å². The molecule has 12 nitrogen and oxygen atoms in total. The van der Waals surface area contributed by atoms with Crippen molar-refractivity contribution in [2.75, 3.05) is 26.2 Å². The molecular weight excluding hydrogens is 545 g/mol. The van der Waals surface area contributed by atoms with Crippen molar-refractivity contribution in [2.24, 2.45) is 16.1 Å². The van der Waals surface area contributed by atoms with Gasteiger partial charge >= 0.3 is 6.18 Å². The highest BCUT2D eigenvalue weighted by Crippen LogP contribution is 2.40. The van der Waals surface area contributed by atoms with Gasteiger partial charge in [-0.25, -0.2) is 8.42 Å². The number of alkyl halides is 3. The minimum atomic E-state index is -5.26. The van der Waals surface area contributed by atoms with Gasteiger partial charge in [-0.1, -0.05) is 0 Å². The Morgan fingerprint density at radius 3 is 2.49 bits per heavy atom. The van der Waals surface area contributed by atoms with Crippen molar-refractivity contribution in [1.29, 1.82) is 5.26 Å². The third-order valence-corrected chi connectivity index (χ3v) is 7.88. The molecule has 0 aliphatic carbocycles. The van der Waals surface area contributed by atoms with E-state index in [0.29, 0.717) is 17.4 Å². The maximum Gasteiger partial charge on any atom is 0.420 e. The number of carbonyl (C=O) groups excluding carboxylic acids is 1. The quantitative estimate of drug-likeness (QED) is 0.408. The summed E-state index contributed by atoms with van der Waals surface area (Å²) >= 11 is 0. The van der Waals surface area contributed by atoms with Crippen molar-refractivity contribution in [3.63, 3.8) is 0 Å². The summed E-state index contributed by atoms with van der Waals surface area (Å²) < 4.78 is 69.1. The van der Waals surface area contributed by atoms with E-state index in [4.69, 9.17) is 0 Å². The van der Waals surface area contributed by atoms with Gasteiger partial charge in [-0.3, -0.25) is 14.2 Å². The van der Waals surface area contributed by atoms with Crippen LogP contribution in [-0.4, -0.2) is 59.7 Å². The normalized spacial score (nSPS) is 16.8. The number of aliphatic hydroxyl groups is 1. The first-order valence-electron chi connectivity index (χ1n) is 11.7. The molecule has 16 heteroatoms. The summed E-state index contributed by atoms with van der Waals surface area (Å²) in [5.41, 5.74) is -5.79. The topological polar surface area (TPSA) is 177 Å². The number of aromatic hydroxyl groups is 1. The molecule has 2 heterocycles. The Morgan fingerprint density at radius 2 is 1.92 bits per heavy atom. The summed E-state index contributed by atoms with van der Waals surface area (Å²) in [6, 6.07) is 5.95. The first kappa shape index (κ1) is 29.7. The molecule has 0 bridgehead atoms. The van der Waals surface area contributed by atoms with Crippen LogP contribution in [0.1, 0.15) is 30.9 Å². The number of rotatable bonds is 8. The second-order valence-electron chi connectivity index (χ2n) is 8.72. The number of aliphatic hydroxyl groups excluding tert-OH is 1. The molecule has 2 aromatic rings. The molecular formula is C23H25F3N6O6S. The van der Waals surface area contributed by atoms with Crippen LogP contribution in [0.3, 0.4) is 0 Å². The second kappa shape index (κ2) is 11.9. The number of nitrogens with zero attached hydrogens (tertiary/aromatic N) is 5. The van der Waals surface area contributed by atoms with Crippen LogP contribution in [0.2, 0.25) is 0 Å². The van der Waals surface area contributed by atoms with Crippen molar-refractivity contribution in [2.45, 2.75) is 37.4 Å². The van der Waals surface area contributed by atoms with E-state index in [1.807, 2.05) is 0 Å². The van der Waals surface area contributed by atoms with E-state index in [9.17, 15) is 46.7 Å². The van der Waals surface area contributed by atoms with E-state index >= 15 is 0 Å². The maximum absolute atomic E-state index is 13.8. The first-order chi connectivity index (χ1) is 18.3. The fourth-order valence-corrected chi connectivity index (χ4v) is 5.61. The number of hydrogen-bond acceptors (Lipinski definition) is 9. The van der Waals surface area contributed by atoms with Crippen LogP contribution >= 0.6 is 0 Å². The summed E-state index contributed by atoms with van der Waals surface area (Å²) in [4.78, 5) is 23.9. The highest BCUT2D eigenvalue weighted by Gasteiger charge is 2.41. The lowest BCUT2D eigenvalue weighted by molar-refractivity contribution is -0.137. The predicted octanol–water partition coefficient (Wildman–Crippen LogP) is 2.39. The summed E-state index contributed by atoms with van der Waals surface area (Å²) in [5, 5.41) is 38.3. The Morgan fingerprint density at radius 1 is 1.26 bits per heavy atom. The van der Waals surface area contributed by atoms with E-state index in [-0.39, 0.29) is 42.7 Å². The third-order valence-electron chi connectivity index (χ3n) is 6.00. The average Bonchev–Trinajstić information content (AvgIpc) is 2.89. The molecule has 1 unspecified atom stereocenters. The van der Waals surface area contributed by atoms with Gasteiger partial charge in [0.15, 0.2) is 5.69 Å². The number of aromatic nitrogens is 1. The van der Waals surface area contributed by atoms with Gasteiger partial charge in [-0.2, -0.15) is 27.9 Å². The number of benzene rings is 1. The summed E-state index contributed by atoms with van der Waals surface area (Å²) in [7, 11) is -3.90. The highest BCUT2D eigenvalue weighted by atomic mass is 32.2. The Kier molecular flexibility index (Phi) is 9.10. The van der Waals surface area contributed by atoms with Crippen LogP contribution in [0.5, 0.6) is 5.88 Å². The van der Waals surface area contributed by atoms with Crippen molar-refractivity contribution >= 4 is 27.3 Å². The number of nitriles is 1. The number of amides is 1. The molecule has 1 atom stereocenters. The number of carbonyl (C=O) groups is 1. The van der Waals surface area contributed by atoms with Gasteiger partial charge in [-0.05, 0) is 43.0 Å². The molecule has 1 fully saturated rings. The summed E-state index contributed by atoms with van der Waals surface area (Å²) in [6.45, 7) is 0.755.